The second kappa shape index (κ2) is 41.8. The summed E-state index contributed by atoms with van der Waals surface area (Å²) >= 11 is 8.77. The smallest absolute Gasteiger partial charge is 0.182 e. The summed E-state index contributed by atoms with van der Waals surface area (Å²) in [5.41, 5.74) is 21.0. The Morgan fingerprint density at radius 1 is 0.387 bits per heavy atom. The molecule has 0 aliphatic carbocycles. The van der Waals surface area contributed by atoms with Crippen LogP contribution in [0.2, 0.25) is 0 Å². The minimum Gasteiger partial charge on any atom is -0.389 e. The monoisotopic (exact) mass is 2030 g/mol. The maximum Gasteiger partial charge on any atom is 0.182 e. The molecule has 0 saturated carbocycles. The lowest BCUT2D eigenvalue weighted by Crippen LogP contribution is -2.17. The van der Waals surface area contributed by atoms with Crippen molar-refractivity contribution < 1.29 is 46.1 Å². The van der Waals surface area contributed by atoms with Crippen LogP contribution in [-0.4, -0.2) is 209 Å². The Kier molecular flexibility index (Phi) is 28.3. The van der Waals surface area contributed by atoms with Gasteiger partial charge >= 0.3 is 0 Å². The third kappa shape index (κ3) is 20.8. The van der Waals surface area contributed by atoms with E-state index in [2.05, 4.69) is 132 Å². The molecular formula is C99H95F6N27O4S6. The van der Waals surface area contributed by atoms with Crippen LogP contribution in [0.5, 0.6) is 0 Å². The maximum atomic E-state index is 13.5. The Bertz CT molecular complexity index is 7730. The van der Waals surface area contributed by atoms with Crippen LogP contribution in [0.3, 0.4) is 0 Å². The third-order valence-electron chi connectivity index (χ3n) is 25.0. The van der Waals surface area contributed by atoms with E-state index in [1.165, 1.54) is 107 Å². The highest BCUT2D eigenvalue weighted by atomic mass is 32.1. The van der Waals surface area contributed by atoms with E-state index in [0.717, 1.165) is 269 Å². The van der Waals surface area contributed by atoms with Gasteiger partial charge in [0.2, 0.25) is 0 Å². The minimum absolute atomic E-state index is 0.0251. The number of nitrogens with two attached hydrogens (primary N) is 1. The lowest BCUT2D eigenvalue weighted by Gasteiger charge is -2.18. The lowest BCUT2D eigenvalue weighted by atomic mass is 10.0. The van der Waals surface area contributed by atoms with Gasteiger partial charge in [-0.25, -0.2) is 116 Å². The Morgan fingerprint density at radius 3 is 1.00 bits per heavy atom. The highest BCUT2D eigenvalue weighted by molar-refractivity contribution is 7.22. The number of aromatic nitrogens is 18. The number of thiazole rings is 6. The molecule has 4 N–H and O–H groups in total. The number of halogens is 6. The number of nitrogens with zero attached hydrogens (tertiary/aromatic N) is 26. The molecule has 7 aliphatic rings. The predicted octanol–water partition coefficient (Wildman–Crippen LogP) is 18.3. The average Bonchev–Trinajstić information content (AvgIpc) is 1.65. The summed E-state index contributed by atoms with van der Waals surface area (Å²) in [4.78, 5) is 114. The van der Waals surface area contributed by atoms with Crippen LogP contribution in [0.25, 0.3) is 62.1 Å². The molecule has 1 atom stereocenters. The Labute approximate surface area is 834 Å². The fourth-order valence-corrected chi connectivity index (χ4v) is 23.4. The summed E-state index contributed by atoms with van der Waals surface area (Å²) in [6.45, 7) is 11.1. The largest absolute Gasteiger partial charge is 0.389 e. The van der Waals surface area contributed by atoms with Crippen LogP contribution < -0.4 is 35.1 Å². The van der Waals surface area contributed by atoms with Crippen LogP contribution >= 0.6 is 68.0 Å². The number of ketones is 1. The van der Waals surface area contributed by atoms with E-state index < -0.39 is 5.60 Å². The molecule has 12 aromatic heterocycles. The van der Waals surface area contributed by atoms with E-state index in [1.807, 2.05) is 26.8 Å². The lowest BCUT2D eigenvalue weighted by molar-refractivity contribution is -0.122. The normalized spacial score (nSPS) is 14.9. The third-order valence-corrected chi connectivity index (χ3v) is 31.0. The highest BCUT2D eigenvalue weighted by Crippen LogP contribution is 2.46. The first-order valence-electron chi connectivity index (χ1n) is 46.3. The fourth-order valence-electron chi connectivity index (χ4n) is 18.3. The van der Waals surface area contributed by atoms with Gasteiger partial charge in [0.25, 0.3) is 0 Å². The fraction of sp³-hybridized carbons (Fsp3) is 0.323. The van der Waals surface area contributed by atoms with E-state index in [9.17, 15) is 41.4 Å². The van der Waals surface area contributed by atoms with E-state index in [1.54, 1.807) is 110 Å². The molecular weight excluding hydrogens is 1940 g/mol. The van der Waals surface area contributed by atoms with Gasteiger partial charge in [0.15, 0.2) is 44.9 Å². The van der Waals surface area contributed by atoms with Gasteiger partial charge < -0.3 is 59.9 Å². The van der Waals surface area contributed by atoms with Crippen molar-refractivity contribution in [3.8, 4) is 0 Å². The van der Waals surface area contributed by atoms with E-state index >= 15 is 0 Å². The molecule has 0 bridgehead atoms. The van der Waals surface area contributed by atoms with Gasteiger partial charge in [-0.1, -0.05) is 68.0 Å². The Morgan fingerprint density at radius 2 is 0.676 bits per heavy atom. The van der Waals surface area contributed by atoms with Crippen molar-refractivity contribution in [2.45, 2.75) is 110 Å². The number of aryl methyl sites for hydroxylation is 2. The van der Waals surface area contributed by atoms with Gasteiger partial charge in [-0.2, -0.15) is 0 Å². The molecule has 728 valence electrons. The summed E-state index contributed by atoms with van der Waals surface area (Å²) in [5, 5.41) is 24.1. The number of aliphatic hydroxyl groups is 2. The quantitative estimate of drug-likeness (QED) is 0.0471. The molecule has 0 spiro atoms. The number of anilines is 13. The van der Waals surface area contributed by atoms with Crippen LogP contribution in [0.4, 0.5) is 101 Å². The zero-order valence-electron chi connectivity index (χ0n) is 78.0. The zero-order chi connectivity index (χ0) is 98.1. The topological polar surface area (TPSA) is 351 Å². The molecule has 0 radical (unpaired) electrons. The Hall–Kier alpha value is -13.2. The van der Waals surface area contributed by atoms with Gasteiger partial charge in [0, 0.05) is 92.3 Å². The summed E-state index contributed by atoms with van der Waals surface area (Å²) < 4.78 is 85.7. The molecule has 142 heavy (non-hydrogen) atoms. The predicted molar refractivity (Wildman–Crippen MR) is 546 cm³/mol. The molecule has 19 heterocycles. The minimum atomic E-state index is -1.02. The number of benzene rings is 6. The number of ether oxygens (including phenoxy) is 1. The first-order chi connectivity index (χ1) is 68.8. The van der Waals surface area contributed by atoms with Gasteiger partial charge in [0.05, 0.1) is 29.6 Å². The highest BCUT2D eigenvalue weighted by Gasteiger charge is 2.35. The van der Waals surface area contributed by atoms with Gasteiger partial charge in [0.1, 0.15) is 157 Å². The SMILES string of the molecule is CC(C)(O)c1nc2c(N3CCc4cc(F)ccc43)ncnc2s1.CN(C)CCCCc1nc2c(N3CCc4cc(F)ccc43)ncnc2s1.CN(C)CCCc1nc2c(N3CCc4cc(F)ccc43)ncnc2s1.Nc1nc2c(N3CCc4cc(F)ccc43)ncnc2s1.O=C(Cc1nc2c(N3CCc4cc(F)ccc43)ncnc2s1)C1CCOC1.OCc1nc2c(N3CCc4cc(F)ccc43)ncnc2s1. The molecule has 1 saturated heterocycles. The maximum absolute atomic E-state index is 13.5. The standard InChI is InChI=1S/C19H22FN5S.C19H17FN4O2S.C18H20FN5S.C16H15FN4OS.C14H11FN4OS.C13H10FN5S/c1-24(2)9-4-3-5-16-23-17-18(21-12-22-19(17)26-16)25-10-8-13-11-14(20)6-7-15(13)25;20-13-1-2-14-11(7-13)3-5-24(14)18-17-19(22-10-21-18)27-16(23-17)8-15(25)12-4-6-26-9-12;1-23(2)8-3-4-15-22-16-17(20-11-21-18(16)25-15)24-9-7-12-10-13(19)5-6-14(12)24;1-16(2,22)15-20-12-13(18-8-19-14(12)23-15)21-6-5-9-7-10(17)3-4-11(9)21;15-9-1-2-10-8(5-9)3-4-19(10)13-12-14(17-7-16-13)21-11(6-20)18-12;14-8-1-2-9-7(5-8)3-4-19(9)11-10-12(17-6-16-11)20-13(15)18-10/h6-7,11-12H,3-5,8-10H2,1-2H3;1-2,7,10,12H,3-6,8-9H2;5-6,10-11H,3-4,7-9H2,1-2H3;3-4,7-8,22H,5-6H2,1-2H3;1-2,5,7,20H,3-4,6H2;1-2,5-6H,3-4H2,(H2,15,18). The molecule has 43 heteroatoms. The van der Waals surface area contributed by atoms with Gasteiger partial charge in [-0.05, 0) is 268 Å². The van der Waals surface area contributed by atoms with E-state index in [4.69, 9.17) is 20.4 Å². The summed E-state index contributed by atoms with van der Waals surface area (Å²) in [6, 6.07) is 29.1. The first-order valence-corrected chi connectivity index (χ1v) is 51.2. The molecule has 1 unspecified atom stereocenters. The number of hydrogen-bond acceptors (Lipinski definition) is 37. The second-order valence-electron chi connectivity index (χ2n) is 35.7. The van der Waals surface area contributed by atoms with Crippen molar-refractivity contribution in [1.82, 2.24) is 99.5 Å². The number of Topliss-reactive ketones (excluding diaryl/α,β-unsaturated/α-hetero) is 1. The van der Waals surface area contributed by atoms with Crippen molar-refractivity contribution in [3.63, 3.8) is 0 Å². The summed E-state index contributed by atoms with van der Waals surface area (Å²) in [5.74, 6) is 3.39. The number of hydrogen-bond donors (Lipinski definition) is 3. The molecule has 31 nitrogen and oxygen atoms in total. The molecule has 1 fully saturated rings. The number of fused-ring (bicyclic) bond motifs is 12. The van der Waals surface area contributed by atoms with Crippen molar-refractivity contribution in [2.75, 3.05) is 129 Å². The van der Waals surface area contributed by atoms with Crippen molar-refractivity contribution in [2.24, 2.45) is 5.92 Å². The number of rotatable bonds is 20. The van der Waals surface area contributed by atoms with Crippen LogP contribution in [0, 0.1) is 40.8 Å². The second-order valence-corrected chi connectivity index (χ2v) is 42.0. The van der Waals surface area contributed by atoms with Gasteiger partial charge in [-0.3, -0.25) is 4.79 Å². The molecule has 25 rings (SSSR count). The number of carbonyl (C=O) groups is 1. The van der Waals surface area contributed by atoms with Crippen LogP contribution in [0.15, 0.2) is 147 Å². The molecule has 7 aliphatic heterocycles. The van der Waals surface area contributed by atoms with Crippen LogP contribution in [-0.2, 0) is 79.5 Å². The summed E-state index contributed by atoms with van der Waals surface area (Å²) in [7, 11) is 8.35. The molecule has 18 aromatic rings. The number of aliphatic hydroxyl groups excluding tert-OH is 1. The number of unbranched alkanes of at least 4 members (excludes halogenated alkanes) is 1. The first kappa shape index (κ1) is 96.3. The van der Waals surface area contributed by atoms with Gasteiger partial charge in [-0.15, -0.1) is 0 Å². The van der Waals surface area contributed by atoms with E-state index in [-0.39, 0.29) is 53.2 Å². The van der Waals surface area contributed by atoms with E-state index in [0.29, 0.717) is 74.3 Å². The number of nitrogen functional groups attached to an aromatic ring is 1. The van der Waals surface area contributed by atoms with Crippen molar-refractivity contribution in [1.29, 1.82) is 0 Å². The number of carbonyl (C=O) groups excluding carboxylic acids is 1. The summed E-state index contributed by atoms with van der Waals surface area (Å²) in [6.07, 6.45) is 20.3. The zero-order valence-corrected chi connectivity index (χ0v) is 82.9. The van der Waals surface area contributed by atoms with Crippen LogP contribution in [0.1, 0.15) is 97.9 Å². The van der Waals surface area contributed by atoms with Crippen molar-refractivity contribution >= 4 is 210 Å². The van der Waals surface area contributed by atoms with Crippen molar-refractivity contribution in [3.05, 3.63) is 240 Å². The molecule has 0 amide bonds. The average molecular weight is 2030 g/mol. The Balaban J connectivity index is 0.000000105. The molecule has 6 aromatic carbocycles.